The van der Waals surface area contributed by atoms with E-state index in [-0.39, 0.29) is 0 Å². The van der Waals surface area contributed by atoms with Gasteiger partial charge in [-0.2, -0.15) is 10.1 Å². The van der Waals surface area contributed by atoms with Crippen molar-refractivity contribution in [3.05, 3.63) is 23.9 Å². The fraction of sp³-hybridized carbons (Fsp3) is 0.455. The van der Waals surface area contributed by atoms with Gasteiger partial charge in [0.05, 0.1) is 13.2 Å². The number of nitrogens with one attached hydrogen (secondary N) is 1. The fourth-order valence-corrected chi connectivity index (χ4v) is 1.46. The Kier molecular flexibility index (Phi) is 3.71. The number of hydrogen-bond acceptors (Lipinski definition) is 6. The Bertz CT molecular complexity index is 524. The van der Waals surface area contributed by atoms with Crippen LogP contribution in [0.25, 0.3) is 0 Å². The highest BCUT2D eigenvalue weighted by Crippen LogP contribution is 2.12. The van der Waals surface area contributed by atoms with Crippen molar-refractivity contribution in [2.45, 2.75) is 20.4 Å². The molecule has 0 bridgehead atoms. The van der Waals surface area contributed by atoms with E-state index < -0.39 is 0 Å². The molecular weight excluding hydrogens is 232 g/mol. The molecule has 7 nitrogen and oxygen atoms in total. The summed E-state index contributed by atoms with van der Waals surface area (Å²) in [6.45, 7) is 4.88. The molecule has 0 radical (unpaired) electrons. The van der Waals surface area contributed by atoms with Crippen molar-refractivity contribution in [1.29, 1.82) is 0 Å². The first-order chi connectivity index (χ1) is 8.67. The van der Waals surface area contributed by atoms with Gasteiger partial charge in [0.2, 0.25) is 11.8 Å². The quantitative estimate of drug-likeness (QED) is 0.848. The third-order valence-corrected chi connectivity index (χ3v) is 2.17. The van der Waals surface area contributed by atoms with Gasteiger partial charge in [0.25, 0.3) is 0 Å². The van der Waals surface area contributed by atoms with Crippen molar-refractivity contribution in [3.8, 4) is 5.88 Å². The minimum Gasteiger partial charge on any atom is -0.478 e. The van der Waals surface area contributed by atoms with E-state index in [1.165, 1.54) is 0 Å². The predicted octanol–water partition coefficient (Wildman–Crippen LogP) is 0.924. The number of rotatable bonds is 5. The second-order valence-electron chi connectivity index (χ2n) is 3.79. The molecule has 2 aromatic rings. The number of anilines is 1. The summed E-state index contributed by atoms with van der Waals surface area (Å²) in [4.78, 5) is 12.6. The van der Waals surface area contributed by atoms with E-state index >= 15 is 0 Å². The maximum atomic E-state index is 5.36. The molecule has 0 aromatic carbocycles. The Balaban J connectivity index is 2.04. The van der Waals surface area contributed by atoms with E-state index in [9.17, 15) is 0 Å². The molecule has 2 heterocycles. The lowest BCUT2D eigenvalue weighted by Gasteiger charge is -2.06. The Morgan fingerprint density at radius 1 is 1.39 bits per heavy atom. The van der Waals surface area contributed by atoms with Crippen molar-refractivity contribution >= 4 is 5.95 Å². The van der Waals surface area contributed by atoms with Crippen LogP contribution in [0, 0.1) is 6.92 Å². The van der Waals surface area contributed by atoms with Crippen LogP contribution in [0.5, 0.6) is 5.88 Å². The average Bonchev–Trinajstić information content (AvgIpc) is 2.72. The molecule has 0 aliphatic carbocycles. The van der Waals surface area contributed by atoms with Crippen molar-refractivity contribution < 1.29 is 4.74 Å². The molecule has 0 atom stereocenters. The fourth-order valence-electron chi connectivity index (χ4n) is 1.46. The molecule has 2 aromatic heterocycles. The molecular formula is C11H16N6O. The van der Waals surface area contributed by atoms with Crippen LogP contribution in [0.3, 0.4) is 0 Å². The molecule has 0 aliphatic rings. The summed E-state index contributed by atoms with van der Waals surface area (Å²) in [7, 11) is 1.83. The molecule has 0 amide bonds. The molecule has 0 aliphatic heterocycles. The number of nitrogens with zero attached hydrogens (tertiary/aromatic N) is 5. The monoisotopic (exact) mass is 248 g/mol. The molecule has 2 rings (SSSR count). The summed E-state index contributed by atoms with van der Waals surface area (Å²) in [6, 6.07) is 1.80. The first-order valence-corrected chi connectivity index (χ1v) is 5.74. The lowest BCUT2D eigenvalue weighted by atomic mass is 10.4. The van der Waals surface area contributed by atoms with Gasteiger partial charge in [0.15, 0.2) is 5.82 Å². The largest absolute Gasteiger partial charge is 0.478 e. The standard InChI is InChI=1S/C11H16N6O/c1-4-18-10-5-8(2)14-11(15-10)12-6-9-13-7-17(3)16-9/h5,7H,4,6H2,1-3H3,(H,12,14,15). The number of hydrogen-bond donors (Lipinski definition) is 1. The Hall–Kier alpha value is -2.18. The van der Waals surface area contributed by atoms with E-state index in [2.05, 4.69) is 25.4 Å². The zero-order valence-electron chi connectivity index (χ0n) is 10.7. The van der Waals surface area contributed by atoms with Crippen molar-refractivity contribution in [2.24, 2.45) is 7.05 Å². The molecule has 0 saturated carbocycles. The first kappa shape index (κ1) is 12.3. The number of ether oxygens (including phenoxy) is 1. The van der Waals surface area contributed by atoms with Crippen molar-refractivity contribution in [1.82, 2.24) is 24.7 Å². The van der Waals surface area contributed by atoms with Crippen LogP contribution >= 0.6 is 0 Å². The molecule has 0 fully saturated rings. The highest BCUT2D eigenvalue weighted by atomic mass is 16.5. The topological polar surface area (TPSA) is 77.8 Å². The normalized spacial score (nSPS) is 10.4. The van der Waals surface area contributed by atoms with Crippen LogP contribution in [0.4, 0.5) is 5.95 Å². The molecule has 7 heteroatoms. The summed E-state index contributed by atoms with van der Waals surface area (Å²) in [5, 5.41) is 7.24. The van der Waals surface area contributed by atoms with Gasteiger partial charge in [-0.1, -0.05) is 0 Å². The van der Waals surface area contributed by atoms with Crippen LogP contribution in [0.1, 0.15) is 18.4 Å². The zero-order chi connectivity index (χ0) is 13.0. The van der Waals surface area contributed by atoms with Crippen LogP contribution in [-0.4, -0.2) is 31.3 Å². The second kappa shape index (κ2) is 5.44. The third-order valence-electron chi connectivity index (χ3n) is 2.17. The van der Waals surface area contributed by atoms with Gasteiger partial charge in [0.1, 0.15) is 6.33 Å². The lowest BCUT2D eigenvalue weighted by molar-refractivity contribution is 0.326. The van der Waals surface area contributed by atoms with Gasteiger partial charge in [-0.05, 0) is 13.8 Å². The number of aryl methyl sites for hydroxylation is 2. The maximum Gasteiger partial charge on any atom is 0.226 e. The highest BCUT2D eigenvalue weighted by molar-refractivity contribution is 5.30. The summed E-state index contributed by atoms with van der Waals surface area (Å²) in [6.07, 6.45) is 1.65. The van der Waals surface area contributed by atoms with Gasteiger partial charge in [-0.25, -0.2) is 9.97 Å². The summed E-state index contributed by atoms with van der Waals surface area (Å²) >= 11 is 0. The van der Waals surface area contributed by atoms with Gasteiger partial charge in [0, 0.05) is 18.8 Å². The van der Waals surface area contributed by atoms with E-state index in [1.807, 2.05) is 20.9 Å². The van der Waals surface area contributed by atoms with Crippen LogP contribution in [0.15, 0.2) is 12.4 Å². The summed E-state index contributed by atoms with van der Waals surface area (Å²) in [5.41, 5.74) is 0.852. The smallest absolute Gasteiger partial charge is 0.226 e. The SMILES string of the molecule is CCOc1cc(C)nc(NCc2ncn(C)n2)n1. The van der Waals surface area contributed by atoms with E-state index in [1.54, 1.807) is 17.1 Å². The molecule has 0 saturated heterocycles. The Morgan fingerprint density at radius 3 is 2.89 bits per heavy atom. The average molecular weight is 248 g/mol. The van der Waals surface area contributed by atoms with Crippen molar-refractivity contribution in [3.63, 3.8) is 0 Å². The van der Waals surface area contributed by atoms with Crippen LogP contribution in [-0.2, 0) is 13.6 Å². The lowest BCUT2D eigenvalue weighted by Crippen LogP contribution is -2.07. The van der Waals surface area contributed by atoms with E-state index in [4.69, 9.17) is 4.74 Å². The third kappa shape index (κ3) is 3.16. The second-order valence-corrected chi connectivity index (χ2v) is 3.79. The molecule has 0 unspecified atom stereocenters. The number of aromatic nitrogens is 5. The Labute approximate surface area is 105 Å². The minimum absolute atomic E-state index is 0.482. The Morgan fingerprint density at radius 2 is 2.22 bits per heavy atom. The molecule has 96 valence electrons. The van der Waals surface area contributed by atoms with Gasteiger partial charge >= 0.3 is 0 Å². The van der Waals surface area contributed by atoms with E-state index in [0.29, 0.717) is 30.8 Å². The van der Waals surface area contributed by atoms with Gasteiger partial charge in [-0.15, -0.1) is 0 Å². The van der Waals surface area contributed by atoms with E-state index in [0.717, 1.165) is 5.69 Å². The van der Waals surface area contributed by atoms with Crippen LogP contribution in [0.2, 0.25) is 0 Å². The van der Waals surface area contributed by atoms with Crippen molar-refractivity contribution in [2.75, 3.05) is 11.9 Å². The first-order valence-electron chi connectivity index (χ1n) is 5.74. The van der Waals surface area contributed by atoms with Crippen LogP contribution < -0.4 is 10.1 Å². The maximum absolute atomic E-state index is 5.36. The predicted molar refractivity (Wildman–Crippen MR) is 66.3 cm³/mol. The minimum atomic E-state index is 0.482. The molecule has 1 N–H and O–H groups in total. The van der Waals surface area contributed by atoms with Gasteiger partial charge < -0.3 is 10.1 Å². The highest BCUT2D eigenvalue weighted by Gasteiger charge is 2.04. The summed E-state index contributed by atoms with van der Waals surface area (Å²) < 4.78 is 7.01. The molecule has 18 heavy (non-hydrogen) atoms. The molecule has 0 spiro atoms. The zero-order valence-corrected chi connectivity index (χ0v) is 10.7. The summed E-state index contributed by atoms with van der Waals surface area (Å²) in [5.74, 6) is 1.79. The van der Waals surface area contributed by atoms with Gasteiger partial charge in [-0.3, -0.25) is 4.68 Å².